The van der Waals surface area contributed by atoms with Crippen molar-refractivity contribution in [2.75, 3.05) is 4.90 Å². The van der Waals surface area contributed by atoms with Crippen molar-refractivity contribution < 1.29 is 18.3 Å². The summed E-state index contributed by atoms with van der Waals surface area (Å²) in [5.74, 6) is -1.45. The van der Waals surface area contributed by atoms with Gasteiger partial charge in [-0.3, -0.25) is 14.7 Å². The van der Waals surface area contributed by atoms with Crippen LogP contribution in [0.5, 0.6) is 5.75 Å². The Kier molecular flexibility index (Phi) is 6.08. The molecule has 9 heteroatoms. The molecule has 0 N–H and O–H groups in total. The second-order valence-electron chi connectivity index (χ2n) is 7.51. The van der Waals surface area contributed by atoms with Crippen molar-refractivity contribution >= 4 is 44.2 Å². The van der Waals surface area contributed by atoms with Gasteiger partial charge in [-0.2, -0.15) is 0 Å². The Labute approximate surface area is 192 Å². The van der Waals surface area contributed by atoms with Crippen LogP contribution in [0.4, 0.5) is 13.9 Å². The zero-order valence-corrected chi connectivity index (χ0v) is 18.8. The Balaban J connectivity index is 1.72. The third-order valence-corrected chi connectivity index (χ3v) is 5.90. The second kappa shape index (κ2) is 8.80. The lowest BCUT2D eigenvalue weighted by molar-refractivity contribution is -0.131. The van der Waals surface area contributed by atoms with Crippen LogP contribution in [0.25, 0.3) is 10.2 Å². The van der Waals surface area contributed by atoms with Crippen molar-refractivity contribution in [3.8, 4) is 5.75 Å². The zero-order chi connectivity index (χ0) is 22.9. The van der Waals surface area contributed by atoms with E-state index in [1.165, 1.54) is 11.0 Å². The highest BCUT2D eigenvalue weighted by atomic mass is 35.5. The number of halogens is 3. The predicted octanol–water partition coefficient (Wildman–Crippen LogP) is 6.01. The number of ether oxygens (including phenoxy) is 1. The van der Waals surface area contributed by atoms with Crippen LogP contribution in [-0.4, -0.2) is 21.5 Å². The number of aromatic nitrogens is 2. The van der Waals surface area contributed by atoms with Gasteiger partial charge in [0, 0.05) is 17.3 Å². The van der Waals surface area contributed by atoms with Crippen molar-refractivity contribution in [3.63, 3.8) is 0 Å². The van der Waals surface area contributed by atoms with Crippen molar-refractivity contribution in [3.05, 3.63) is 83.1 Å². The molecule has 0 atom stereocenters. The Morgan fingerprint density at radius 1 is 1.16 bits per heavy atom. The van der Waals surface area contributed by atoms with E-state index in [1.54, 1.807) is 62.5 Å². The third-order valence-electron chi connectivity index (χ3n) is 4.63. The number of carbonyl (C=O) groups excluding carboxylic acids is 1. The average Bonchev–Trinajstić information content (AvgIpc) is 3.18. The maximum atomic E-state index is 14.3. The van der Waals surface area contributed by atoms with Gasteiger partial charge in [0.25, 0.3) is 5.91 Å². The summed E-state index contributed by atoms with van der Waals surface area (Å²) < 4.78 is 34.2. The molecule has 0 aliphatic carbocycles. The maximum Gasteiger partial charge on any atom is 0.272 e. The minimum atomic E-state index is -1.30. The normalized spacial score (nSPS) is 11.5. The van der Waals surface area contributed by atoms with Gasteiger partial charge in [0.15, 0.2) is 16.5 Å². The second-order valence-corrected chi connectivity index (χ2v) is 8.95. The van der Waals surface area contributed by atoms with E-state index in [0.29, 0.717) is 21.2 Å². The van der Waals surface area contributed by atoms with E-state index in [2.05, 4.69) is 9.97 Å². The van der Waals surface area contributed by atoms with E-state index in [1.807, 2.05) is 0 Å². The van der Waals surface area contributed by atoms with Crippen LogP contribution in [0.1, 0.15) is 19.5 Å². The van der Waals surface area contributed by atoms with Crippen LogP contribution in [0.3, 0.4) is 0 Å². The number of carbonyl (C=O) groups is 1. The molecule has 0 saturated carbocycles. The molecular formula is C23H18ClF2N3O2S. The van der Waals surface area contributed by atoms with Crippen LogP contribution >= 0.6 is 22.9 Å². The average molecular weight is 474 g/mol. The summed E-state index contributed by atoms with van der Waals surface area (Å²) >= 11 is 6.95. The van der Waals surface area contributed by atoms with E-state index in [0.717, 1.165) is 17.4 Å². The summed E-state index contributed by atoms with van der Waals surface area (Å²) in [4.78, 5) is 23.6. The van der Waals surface area contributed by atoms with Gasteiger partial charge in [-0.1, -0.05) is 29.0 Å². The van der Waals surface area contributed by atoms with Gasteiger partial charge in [-0.05, 0) is 56.3 Å². The summed E-state index contributed by atoms with van der Waals surface area (Å²) in [5, 5.41) is 0.759. The Bertz CT molecular complexity index is 1260. The summed E-state index contributed by atoms with van der Waals surface area (Å²) in [5.41, 5.74) is -0.694. The molecule has 1 amide bonds. The first-order valence-electron chi connectivity index (χ1n) is 9.65. The highest BCUT2D eigenvalue weighted by molar-refractivity contribution is 7.22. The van der Waals surface area contributed by atoms with E-state index in [-0.39, 0.29) is 17.2 Å². The SMILES string of the molecule is CC(C)(Oc1ccc(Cl)cc1)C(=O)N(Cc1ccccn1)c1nc2c(F)cc(F)cc2s1. The molecule has 0 aliphatic rings. The van der Waals surface area contributed by atoms with Gasteiger partial charge >= 0.3 is 0 Å². The lowest BCUT2D eigenvalue weighted by Crippen LogP contribution is -2.49. The van der Waals surface area contributed by atoms with Gasteiger partial charge in [0.2, 0.25) is 0 Å². The first-order valence-corrected chi connectivity index (χ1v) is 10.8. The van der Waals surface area contributed by atoms with E-state index < -0.39 is 23.1 Å². The molecule has 32 heavy (non-hydrogen) atoms. The molecule has 0 spiro atoms. The van der Waals surface area contributed by atoms with Gasteiger partial charge in [0.1, 0.15) is 17.1 Å². The molecule has 0 aliphatic heterocycles. The van der Waals surface area contributed by atoms with Gasteiger partial charge < -0.3 is 4.74 Å². The molecule has 0 saturated heterocycles. The highest BCUT2D eigenvalue weighted by Gasteiger charge is 2.37. The number of hydrogen-bond acceptors (Lipinski definition) is 5. The van der Waals surface area contributed by atoms with Crippen LogP contribution in [0.15, 0.2) is 60.8 Å². The molecule has 2 heterocycles. The lowest BCUT2D eigenvalue weighted by atomic mass is 10.1. The molecule has 0 unspecified atom stereocenters. The van der Waals surface area contributed by atoms with Gasteiger partial charge in [-0.25, -0.2) is 13.8 Å². The summed E-state index contributed by atoms with van der Waals surface area (Å²) in [6.07, 6.45) is 1.61. The van der Waals surface area contributed by atoms with Crippen molar-refractivity contribution in [1.82, 2.24) is 9.97 Å². The van der Waals surface area contributed by atoms with Crippen molar-refractivity contribution in [1.29, 1.82) is 0 Å². The molecule has 4 aromatic rings. The van der Waals surface area contributed by atoms with Crippen LogP contribution in [0, 0.1) is 11.6 Å². The zero-order valence-electron chi connectivity index (χ0n) is 17.2. The highest BCUT2D eigenvalue weighted by Crippen LogP contribution is 2.34. The van der Waals surface area contributed by atoms with Crippen LogP contribution in [0.2, 0.25) is 5.02 Å². The summed E-state index contributed by atoms with van der Waals surface area (Å²) in [6, 6.07) is 13.9. The molecule has 164 valence electrons. The molecule has 2 aromatic heterocycles. The Morgan fingerprint density at radius 3 is 2.59 bits per heavy atom. The third kappa shape index (κ3) is 4.71. The number of benzene rings is 2. The topological polar surface area (TPSA) is 55.3 Å². The van der Waals surface area contributed by atoms with Crippen LogP contribution in [-0.2, 0) is 11.3 Å². The first kappa shape index (κ1) is 22.1. The van der Waals surface area contributed by atoms with E-state index >= 15 is 0 Å². The molecule has 0 bridgehead atoms. The number of fused-ring (bicyclic) bond motifs is 1. The monoisotopic (exact) mass is 473 g/mol. The number of nitrogens with zero attached hydrogens (tertiary/aromatic N) is 3. The first-order chi connectivity index (χ1) is 15.2. The summed E-state index contributed by atoms with van der Waals surface area (Å²) in [7, 11) is 0. The van der Waals surface area contributed by atoms with Crippen molar-refractivity contribution in [2.24, 2.45) is 0 Å². The number of pyridine rings is 1. The molecule has 0 radical (unpaired) electrons. The van der Waals surface area contributed by atoms with Crippen molar-refractivity contribution in [2.45, 2.75) is 26.0 Å². The fraction of sp³-hybridized carbons (Fsp3) is 0.174. The number of anilines is 1. The number of thiazole rings is 1. The summed E-state index contributed by atoms with van der Waals surface area (Å²) in [6.45, 7) is 3.34. The molecule has 0 fully saturated rings. The molecular weight excluding hydrogens is 456 g/mol. The standard InChI is InChI=1S/C23H18ClF2N3O2S/c1-23(2,31-17-8-6-14(24)7-9-17)21(30)29(13-16-5-3-4-10-27-16)22-28-20-18(26)11-15(25)12-19(20)32-22/h3-12H,13H2,1-2H3. The van der Waals surface area contributed by atoms with E-state index in [4.69, 9.17) is 16.3 Å². The maximum absolute atomic E-state index is 14.3. The van der Waals surface area contributed by atoms with Crippen LogP contribution < -0.4 is 9.64 Å². The van der Waals surface area contributed by atoms with Gasteiger partial charge in [0.05, 0.1) is 16.9 Å². The number of rotatable bonds is 6. The van der Waals surface area contributed by atoms with E-state index in [9.17, 15) is 13.6 Å². The lowest BCUT2D eigenvalue weighted by Gasteiger charge is -2.31. The minimum Gasteiger partial charge on any atom is -0.478 e. The fourth-order valence-electron chi connectivity index (χ4n) is 3.11. The Morgan fingerprint density at radius 2 is 1.91 bits per heavy atom. The Hall–Kier alpha value is -3.10. The quantitative estimate of drug-likeness (QED) is 0.344. The minimum absolute atomic E-state index is 0.00152. The largest absolute Gasteiger partial charge is 0.478 e. The smallest absolute Gasteiger partial charge is 0.272 e. The molecule has 2 aromatic carbocycles. The molecule has 4 rings (SSSR count). The predicted molar refractivity (Wildman–Crippen MR) is 121 cm³/mol. The van der Waals surface area contributed by atoms with Gasteiger partial charge in [-0.15, -0.1) is 0 Å². The number of hydrogen-bond donors (Lipinski definition) is 0. The fourth-order valence-corrected chi connectivity index (χ4v) is 4.24. The molecule has 5 nitrogen and oxygen atoms in total. The number of amides is 1.